The summed E-state index contributed by atoms with van der Waals surface area (Å²) < 4.78 is 36.8. The summed E-state index contributed by atoms with van der Waals surface area (Å²) in [7, 11) is 0. The molecule has 3 aliphatic heterocycles. The molecule has 4 aliphatic rings. The molecule has 0 saturated heterocycles. The molecule has 0 saturated carbocycles. The van der Waals surface area contributed by atoms with Crippen LogP contribution in [0.15, 0.2) is 164 Å². The number of ketones is 3. The molecule has 0 bridgehead atoms. The Bertz CT molecular complexity index is 6410. The van der Waals surface area contributed by atoms with Gasteiger partial charge in [0.2, 0.25) is 28.8 Å². The maximum atomic E-state index is 13.4. The number of nitrogens with one attached hydrogen (secondary N) is 3. The zero-order chi connectivity index (χ0) is 82.7. The molecular formula is C79H91FN26O9. The van der Waals surface area contributed by atoms with Crippen molar-refractivity contribution in [1.82, 2.24) is 109 Å². The van der Waals surface area contributed by atoms with Gasteiger partial charge in [-0.05, 0) is 135 Å². The molecule has 0 fully saturated rings. The maximum Gasteiger partial charge on any atom is 0.287 e. The van der Waals surface area contributed by atoms with E-state index in [-0.39, 0.29) is 93.6 Å². The fourth-order valence-electron chi connectivity index (χ4n) is 13.1. The summed E-state index contributed by atoms with van der Waals surface area (Å²) in [6.07, 6.45) is 33.6. The Labute approximate surface area is 655 Å². The van der Waals surface area contributed by atoms with Crippen LogP contribution in [0.2, 0.25) is 0 Å². The van der Waals surface area contributed by atoms with E-state index < -0.39 is 5.82 Å². The number of hydrogen-bond acceptors (Lipinski definition) is 19. The molecule has 36 heteroatoms. The number of aliphatic imine (C=N–C) groups is 2. The van der Waals surface area contributed by atoms with Crippen molar-refractivity contribution < 1.29 is 23.6 Å². The van der Waals surface area contributed by atoms with Crippen LogP contribution in [0.1, 0.15) is 215 Å². The van der Waals surface area contributed by atoms with Gasteiger partial charge in [-0.2, -0.15) is 4.98 Å². The topological polar surface area (TPSA) is 387 Å². The summed E-state index contributed by atoms with van der Waals surface area (Å²) in [6.45, 7) is 32.6. The standard InChI is InChI=1S/C11H12N4O.C10H11FN2O.C10H11N5O2.C10H11N5O.2C10H12N2O.2C9H11N3O/c1-7(2)15-6-12-9-10(16)13-8-4-3-5-14(8)11(9)15;1-6(2)13-5-7(11)9-8(14)3-4-12-10(9)13;1-5(2)15-4-11-7-8(15)13-10-12-6(16)3-14(10)9(7)17;1-6(2)15-5-12-7-8(15)13-10-11-3-4-14(10)9(7)16;1-7(2)12-6-4-8-9(13)3-5-11-10(8)12;1-7(2)12-6-11-10-8(12)4-3-5-9(10)13;1-7(2)11-5-3-8(13)12-6-4-10-9(11)12;1-7(2)11-5-3-8(13)9-10-4-6-12(9)11/h3-7H,1-2H3,(H,13,16);4-6H,3H2,1-2H3;4-5H,3H2,1-2H3,(H,12,13,16);3-6H,1-2H3,(H,11,13);4-7H,3H2,1-2H3;3-4,6-7H,5H2,1-2H3;2*3-7H,1-2H3. The van der Waals surface area contributed by atoms with Crippen LogP contribution in [-0.2, 0) is 11.3 Å². The number of Topliss-reactive ketones (excluding diaryl/α,β-unsaturated/α-hetero) is 3. The first-order valence-corrected chi connectivity index (χ1v) is 37.7. The predicted molar refractivity (Wildman–Crippen MR) is 436 cm³/mol. The first-order chi connectivity index (χ1) is 54.8. The molecular weight excluding hydrogens is 1480 g/mol. The van der Waals surface area contributed by atoms with Gasteiger partial charge in [0.25, 0.3) is 22.2 Å². The predicted octanol–water partition coefficient (Wildman–Crippen LogP) is 11.7. The van der Waals surface area contributed by atoms with E-state index in [0.29, 0.717) is 93.9 Å². The number of carbonyl (C=O) groups excluding carboxylic acids is 4. The molecule has 115 heavy (non-hydrogen) atoms. The summed E-state index contributed by atoms with van der Waals surface area (Å²) in [6, 6.07) is 10.9. The zero-order valence-corrected chi connectivity index (χ0v) is 66.6. The highest BCUT2D eigenvalue weighted by Gasteiger charge is 2.27. The highest BCUT2D eigenvalue weighted by molar-refractivity contribution is 6.10. The average molecular weight is 1570 g/mol. The lowest BCUT2D eigenvalue weighted by Crippen LogP contribution is -2.20. The van der Waals surface area contributed by atoms with Crippen molar-refractivity contribution in [1.29, 1.82) is 0 Å². The third-order valence-corrected chi connectivity index (χ3v) is 19.0. The Kier molecular flexibility index (Phi) is 23.7. The fourth-order valence-corrected chi connectivity index (χ4v) is 13.1. The minimum absolute atomic E-state index is 0.0195. The van der Waals surface area contributed by atoms with Crippen LogP contribution in [0.25, 0.3) is 62.4 Å². The van der Waals surface area contributed by atoms with E-state index >= 15 is 0 Å². The Morgan fingerprint density at radius 2 is 1.10 bits per heavy atom. The van der Waals surface area contributed by atoms with E-state index in [9.17, 15) is 47.5 Å². The van der Waals surface area contributed by atoms with Crippen molar-refractivity contribution in [2.24, 2.45) is 9.98 Å². The summed E-state index contributed by atoms with van der Waals surface area (Å²) in [5.74, 6) is 2.22. The number of hydrogen-bond donors (Lipinski definition) is 3. The van der Waals surface area contributed by atoms with Gasteiger partial charge in [0, 0.05) is 160 Å². The molecule has 15 aromatic rings. The molecule has 35 nitrogen and oxygen atoms in total. The number of aromatic nitrogens is 23. The third-order valence-electron chi connectivity index (χ3n) is 19.0. The van der Waals surface area contributed by atoms with Crippen molar-refractivity contribution >= 4 is 116 Å². The molecule has 3 N–H and O–H groups in total. The molecule has 0 aromatic carbocycles. The Hall–Kier alpha value is -13.7. The lowest BCUT2D eigenvalue weighted by Gasteiger charge is -2.12. The minimum Gasteiger partial charge on any atom is -0.330 e. The normalized spacial score (nSPS) is 13.3. The highest BCUT2D eigenvalue weighted by Crippen LogP contribution is 2.32. The quantitative estimate of drug-likeness (QED) is 0.127. The Morgan fingerprint density at radius 3 is 1.79 bits per heavy atom. The van der Waals surface area contributed by atoms with Crippen LogP contribution in [0.3, 0.4) is 0 Å². The fraction of sp³-hybridized carbons (Fsp3) is 0.354. The van der Waals surface area contributed by atoms with Crippen LogP contribution >= 0.6 is 0 Å². The largest absolute Gasteiger partial charge is 0.330 e. The molecule has 1 aliphatic carbocycles. The molecule has 18 heterocycles. The SMILES string of the molecule is CC(C)n1cc(F)c2c1N=CCC2=O.CC(C)n1ccc(=O)c2nccn21.CC(C)n1ccc(=O)n2ccnc12.CC(C)n1ccc2c1N=CCC2=O.CC(C)n1cnc2c(=O)[nH]c3cccn3c21.CC(C)n1cnc2c(=O)n3c(nc21)NC(=O)C3.CC(C)n1cnc2c(=O)n3ccnc3[nH]c21.CC(C)n1cnc2c1C=CCC2=O. The number of H-pyrrole nitrogens is 2. The van der Waals surface area contributed by atoms with Gasteiger partial charge >= 0.3 is 0 Å². The van der Waals surface area contributed by atoms with Gasteiger partial charge in [0.05, 0.1) is 42.1 Å². The lowest BCUT2D eigenvalue weighted by atomic mass is 10.1. The van der Waals surface area contributed by atoms with Crippen molar-refractivity contribution in [2.45, 2.75) is 185 Å². The van der Waals surface area contributed by atoms with Crippen LogP contribution in [0.5, 0.6) is 0 Å². The van der Waals surface area contributed by atoms with Crippen LogP contribution in [-0.4, -0.2) is 144 Å². The van der Waals surface area contributed by atoms with Crippen LogP contribution < -0.4 is 33.0 Å². The molecule has 598 valence electrons. The number of imidazole rings is 7. The van der Waals surface area contributed by atoms with E-state index in [2.05, 4.69) is 134 Å². The summed E-state index contributed by atoms with van der Waals surface area (Å²) in [5, 5.41) is 2.56. The van der Waals surface area contributed by atoms with E-state index in [4.69, 9.17) is 0 Å². The van der Waals surface area contributed by atoms with Gasteiger partial charge in [-0.3, -0.25) is 66.5 Å². The second-order valence-electron chi connectivity index (χ2n) is 29.5. The second-order valence-corrected chi connectivity index (χ2v) is 29.5. The number of aromatic amines is 2. The number of rotatable bonds is 8. The van der Waals surface area contributed by atoms with Gasteiger partial charge < -0.3 is 41.9 Å². The zero-order valence-electron chi connectivity index (χ0n) is 66.6. The average Bonchev–Trinajstić information content (AvgIpc) is 1.61. The number of nitrogens with zero attached hydrogens (tertiary/aromatic N) is 23. The summed E-state index contributed by atoms with van der Waals surface area (Å²) in [5.41, 5.74) is 6.43. The van der Waals surface area contributed by atoms with Crippen molar-refractivity contribution in [2.75, 3.05) is 5.32 Å². The number of amides is 1. The monoisotopic (exact) mass is 1570 g/mol. The number of halogens is 1. The van der Waals surface area contributed by atoms with Gasteiger partial charge in [0.15, 0.2) is 56.7 Å². The van der Waals surface area contributed by atoms with E-state index in [1.807, 2.05) is 121 Å². The first kappa shape index (κ1) is 80.8. The molecule has 19 rings (SSSR count). The summed E-state index contributed by atoms with van der Waals surface area (Å²) in [4.78, 5) is 151. The third kappa shape index (κ3) is 16.4. The van der Waals surface area contributed by atoms with Crippen molar-refractivity contribution in [3.63, 3.8) is 0 Å². The van der Waals surface area contributed by atoms with Gasteiger partial charge in [-0.1, -0.05) is 6.08 Å². The molecule has 0 radical (unpaired) electrons. The number of anilines is 1. The van der Waals surface area contributed by atoms with E-state index in [1.165, 1.54) is 21.4 Å². The van der Waals surface area contributed by atoms with Crippen LogP contribution in [0.4, 0.5) is 22.0 Å². The highest BCUT2D eigenvalue weighted by atomic mass is 19.1. The molecule has 0 spiro atoms. The summed E-state index contributed by atoms with van der Waals surface area (Å²) >= 11 is 0. The number of fused-ring (bicyclic) bond motifs is 12. The lowest BCUT2D eigenvalue weighted by molar-refractivity contribution is -0.115. The van der Waals surface area contributed by atoms with E-state index in [0.717, 1.165) is 34.0 Å². The molecule has 0 unspecified atom stereocenters. The Balaban J connectivity index is 0.000000122. The smallest absolute Gasteiger partial charge is 0.287 e. The number of allylic oxidation sites excluding steroid dienone is 1. The first-order valence-electron chi connectivity index (χ1n) is 37.7. The molecule has 1 amide bonds. The van der Waals surface area contributed by atoms with Crippen LogP contribution in [0, 0.1) is 5.82 Å². The van der Waals surface area contributed by atoms with Gasteiger partial charge in [-0.25, -0.2) is 58.2 Å². The van der Waals surface area contributed by atoms with Crippen molar-refractivity contribution in [3.8, 4) is 0 Å². The van der Waals surface area contributed by atoms with Gasteiger partial charge in [0.1, 0.15) is 35.2 Å². The second kappa shape index (κ2) is 33.7. The Morgan fingerprint density at radius 1 is 0.478 bits per heavy atom. The number of carbonyl (C=O) groups is 4. The van der Waals surface area contributed by atoms with Crippen molar-refractivity contribution in [3.05, 3.63) is 210 Å². The maximum absolute atomic E-state index is 13.4. The minimum atomic E-state index is -0.462. The van der Waals surface area contributed by atoms with E-state index in [1.54, 1.807) is 107 Å². The molecule has 0 atom stereocenters. The van der Waals surface area contributed by atoms with Gasteiger partial charge in [-0.15, -0.1) is 0 Å². The molecule has 15 aromatic heterocycles.